The second-order valence-corrected chi connectivity index (χ2v) is 5.50. The lowest BCUT2D eigenvalue weighted by Crippen LogP contribution is -1.87. The lowest BCUT2D eigenvalue weighted by Gasteiger charge is -2.07. The molecule has 3 aromatic rings. The topological polar surface area (TPSA) is 49.7 Å². The maximum atomic E-state index is 10.2. The fraction of sp³-hybridized carbons (Fsp3) is 0.125. The highest BCUT2D eigenvalue weighted by molar-refractivity contribution is 7.22. The third-order valence-electron chi connectivity index (χ3n) is 3.31. The Labute approximate surface area is 120 Å². The lowest BCUT2D eigenvalue weighted by atomic mass is 10.1. The zero-order chi connectivity index (χ0) is 14.1. The molecule has 0 aliphatic heterocycles. The van der Waals surface area contributed by atoms with Crippen LogP contribution in [-0.4, -0.2) is 17.3 Å². The second-order valence-electron chi connectivity index (χ2n) is 4.45. The Balaban J connectivity index is 2.23. The van der Waals surface area contributed by atoms with Crippen molar-refractivity contribution in [2.24, 2.45) is 0 Å². The van der Waals surface area contributed by atoms with Crippen LogP contribution in [-0.2, 0) is 6.61 Å². The van der Waals surface area contributed by atoms with Gasteiger partial charge < -0.3 is 14.9 Å². The molecule has 0 aliphatic carbocycles. The van der Waals surface area contributed by atoms with E-state index in [9.17, 15) is 10.2 Å². The van der Waals surface area contributed by atoms with E-state index in [4.69, 9.17) is 4.74 Å². The first kappa shape index (κ1) is 13.0. The summed E-state index contributed by atoms with van der Waals surface area (Å²) in [7, 11) is 1.56. The van der Waals surface area contributed by atoms with Crippen LogP contribution in [0.15, 0.2) is 42.5 Å². The second kappa shape index (κ2) is 5.15. The van der Waals surface area contributed by atoms with Crippen molar-refractivity contribution in [1.29, 1.82) is 0 Å². The number of aliphatic hydroxyl groups is 1. The molecule has 0 fully saturated rings. The summed E-state index contributed by atoms with van der Waals surface area (Å²) in [5, 5.41) is 20.9. The van der Waals surface area contributed by atoms with Gasteiger partial charge in [0.25, 0.3) is 0 Å². The van der Waals surface area contributed by atoms with E-state index in [1.165, 1.54) is 0 Å². The van der Waals surface area contributed by atoms with Crippen LogP contribution in [0.4, 0.5) is 0 Å². The molecule has 0 unspecified atom stereocenters. The summed E-state index contributed by atoms with van der Waals surface area (Å²) in [6, 6.07) is 13.1. The Morgan fingerprint density at radius 3 is 2.65 bits per heavy atom. The minimum atomic E-state index is -0.0508. The number of hydrogen-bond donors (Lipinski definition) is 2. The third-order valence-corrected chi connectivity index (χ3v) is 4.55. The van der Waals surface area contributed by atoms with E-state index in [0.717, 1.165) is 26.1 Å². The van der Waals surface area contributed by atoms with E-state index in [0.29, 0.717) is 5.75 Å². The number of aliphatic hydroxyl groups excluding tert-OH is 1. The van der Waals surface area contributed by atoms with Crippen LogP contribution in [0.25, 0.3) is 20.5 Å². The zero-order valence-electron chi connectivity index (χ0n) is 11.0. The van der Waals surface area contributed by atoms with Crippen LogP contribution in [0.3, 0.4) is 0 Å². The van der Waals surface area contributed by atoms with E-state index in [2.05, 4.69) is 0 Å². The molecule has 3 rings (SSSR count). The van der Waals surface area contributed by atoms with Gasteiger partial charge in [-0.3, -0.25) is 0 Å². The fourth-order valence-corrected chi connectivity index (χ4v) is 3.55. The van der Waals surface area contributed by atoms with Gasteiger partial charge in [0.05, 0.1) is 13.7 Å². The number of benzene rings is 2. The molecule has 0 radical (unpaired) electrons. The normalized spacial score (nSPS) is 10.9. The highest BCUT2D eigenvalue weighted by atomic mass is 32.1. The predicted octanol–water partition coefficient (Wildman–Crippen LogP) is 3.77. The molecule has 1 heterocycles. The largest absolute Gasteiger partial charge is 0.507 e. The van der Waals surface area contributed by atoms with Gasteiger partial charge in [-0.05, 0) is 23.6 Å². The monoisotopic (exact) mass is 286 g/mol. The van der Waals surface area contributed by atoms with Gasteiger partial charge in [-0.25, -0.2) is 0 Å². The Bertz CT molecular complexity index is 762. The number of aromatic hydroxyl groups is 1. The van der Waals surface area contributed by atoms with Gasteiger partial charge in [0.1, 0.15) is 11.5 Å². The zero-order valence-corrected chi connectivity index (χ0v) is 11.8. The average molecular weight is 286 g/mol. The van der Waals surface area contributed by atoms with Crippen LogP contribution in [0.1, 0.15) is 5.56 Å². The summed E-state index contributed by atoms with van der Waals surface area (Å²) in [4.78, 5) is 0.897. The van der Waals surface area contributed by atoms with Crippen LogP contribution >= 0.6 is 11.3 Å². The summed E-state index contributed by atoms with van der Waals surface area (Å²) < 4.78 is 6.19. The summed E-state index contributed by atoms with van der Waals surface area (Å²) in [5.74, 6) is 0.767. The van der Waals surface area contributed by atoms with E-state index in [1.807, 2.05) is 30.3 Å². The van der Waals surface area contributed by atoms with Crippen molar-refractivity contribution in [3.63, 3.8) is 0 Å². The molecule has 20 heavy (non-hydrogen) atoms. The number of fused-ring (bicyclic) bond motifs is 1. The number of rotatable bonds is 3. The Morgan fingerprint density at radius 2 is 1.95 bits per heavy atom. The van der Waals surface area contributed by atoms with Crippen molar-refractivity contribution in [3.8, 4) is 21.9 Å². The first-order chi connectivity index (χ1) is 9.74. The average Bonchev–Trinajstić information content (AvgIpc) is 2.85. The molecule has 1 aromatic heterocycles. The molecule has 2 N–H and O–H groups in total. The predicted molar refractivity (Wildman–Crippen MR) is 81.4 cm³/mol. The SMILES string of the molecule is COc1ccc(-c2sc3ccccc3c2CO)c(O)c1. The van der Waals surface area contributed by atoms with Crippen LogP contribution < -0.4 is 4.74 Å². The van der Waals surface area contributed by atoms with Crippen molar-refractivity contribution in [3.05, 3.63) is 48.0 Å². The minimum absolute atomic E-state index is 0.0508. The number of phenolic OH excluding ortho intramolecular Hbond substituents is 1. The number of phenols is 1. The van der Waals surface area contributed by atoms with Gasteiger partial charge >= 0.3 is 0 Å². The molecular formula is C16H14O3S. The molecule has 102 valence electrons. The summed E-state index contributed by atoms with van der Waals surface area (Å²) in [6.45, 7) is -0.0508. The van der Waals surface area contributed by atoms with Crippen LogP contribution in [0.5, 0.6) is 11.5 Å². The smallest absolute Gasteiger partial charge is 0.127 e. The molecule has 2 aromatic carbocycles. The van der Waals surface area contributed by atoms with Crippen molar-refractivity contribution < 1.29 is 14.9 Å². The molecule has 0 amide bonds. The van der Waals surface area contributed by atoms with E-state index >= 15 is 0 Å². The fourth-order valence-electron chi connectivity index (χ4n) is 2.30. The molecule has 0 aliphatic rings. The summed E-state index contributed by atoms with van der Waals surface area (Å²) in [5.41, 5.74) is 1.57. The van der Waals surface area contributed by atoms with Crippen molar-refractivity contribution in [1.82, 2.24) is 0 Å². The molecular weight excluding hydrogens is 272 g/mol. The molecule has 0 saturated heterocycles. The maximum Gasteiger partial charge on any atom is 0.127 e. The lowest BCUT2D eigenvalue weighted by molar-refractivity contribution is 0.284. The van der Waals surface area contributed by atoms with Gasteiger partial charge in [0, 0.05) is 26.8 Å². The molecule has 3 nitrogen and oxygen atoms in total. The van der Waals surface area contributed by atoms with Gasteiger partial charge in [-0.1, -0.05) is 18.2 Å². The standard InChI is InChI=1S/C16H14O3S/c1-19-10-6-7-12(14(18)8-10)16-13(9-17)11-4-2-3-5-15(11)20-16/h2-8,17-18H,9H2,1H3. The molecule has 0 spiro atoms. The number of thiophene rings is 1. The Hall–Kier alpha value is -2.04. The Kier molecular flexibility index (Phi) is 3.34. The van der Waals surface area contributed by atoms with Gasteiger partial charge in [0.15, 0.2) is 0 Å². The van der Waals surface area contributed by atoms with Crippen molar-refractivity contribution >= 4 is 21.4 Å². The third kappa shape index (κ3) is 2.03. The van der Waals surface area contributed by atoms with Crippen LogP contribution in [0, 0.1) is 0 Å². The van der Waals surface area contributed by atoms with Gasteiger partial charge in [-0.15, -0.1) is 11.3 Å². The van der Waals surface area contributed by atoms with Crippen molar-refractivity contribution in [2.75, 3.05) is 7.11 Å². The van der Waals surface area contributed by atoms with Crippen molar-refractivity contribution in [2.45, 2.75) is 6.61 Å². The number of methoxy groups -OCH3 is 1. The number of hydrogen-bond acceptors (Lipinski definition) is 4. The maximum absolute atomic E-state index is 10.2. The molecule has 0 bridgehead atoms. The summed E-state index contributed by atoms with van der Waals surface area (Å²) in [6.07, 6.45) is 0. The van der Waals surface area contributed by atoms with Crippen LogP contribution in [0.2, 0.25) is 0 Å². The summed E-state index contributed by atoms with van der Waals surface area (Å²) >= 11 is 1.57. The molecule has 4 heteroatoms. The quantitative estimate of drug-likeness (QED) is 0.770. The highest BCUT2D eigenvalue weighted by Crippen LogP contribution is 2.42. The Morgan fingerprint density at radius 1 is 1.15 bits per heavy atom. The van der Waals surface area contributed by atoms with E-state index in [1.54, 1.807) is 30.6 Å². The molecule has 0 atom stereocenters. The van der Waals surface area contributed by atoms with Gasteiger partial charge in [-0.2, -0.15) is 0 Å². The highest BCUT2D eigenvalue weighted by Gasteiger charge is 2.15. The van der Waals surface area contributed by atoms with E-state index in [-0.39, 0.29) is 12.4 Å². The van der Waals surface area contributed by atoms with E-state index < -0.39 is 0 Å². The molecule has 0 saturated carbocycles. The number of ether oxygens (including phenoxy) is 1. The first-order valence-electron chi connectivity index (χ1n) is 6.23. The van der Waals surface area contributed by atoms with Gasteiger partial charge in [0.2, 0.25) is 0 Å². The first-order valence-corrected chi connectivity index (χ1v) is 7.05. The minimum Gasteiger partial charge on any atom is -0.507 e.